The predicted octanol–water partition coefficient (Wildman–Crippen LogP) is 2.37. The number of piperidine rings is 1. The second-order valence-electron chi connectivity index (χ2n) is 7.68. The predicted molar refractivity (Wildman–Crippen MR) is 118 cm³/mol. The van der Waals surface area contributed by atoms with Crippen molar-refractivity contribution in [2.24, 2.45) is 5.92 Å². The van der Waals surface area contributed by atoms with Gasteiger partial charge < -0.3 is 10.1 Å². The molecule has 0 bridgehead atoms. The Kier molecular flexibility index (Phi) is 6.19. The fourth-order valence-electron chi connectivity index (χ4n) is 3.45. The van der Waals surface area contributed by atoms with E-state index in [-0.39, 0.29) is 11.8 Å². The lowest BCUT2D eigenvalue weighted by Crippen LogP contribution is -2.40. The summed E-state index contributed by atoms with van der Waals surface area (Å²) < 4.78 is 32.0. The third kappa shape index (κ3) is 5.29. The molecule has 1 amide bonds. The minimum Gasteiger partial charge on any atom is -0.438 e. The Morgan fingerprint density at radius 2 is 1.78 bits per heavy atom. The third-order valence-corrected chi connectivity index (χ3v) is 6.52. The van der Waals surface area contributed by atoms with Crippen LogP contribution in [0.25, 0.3) is 5.82 Å². The van der Waals surface area contributed by atoms with Crippen LogP contribution in [0.5, 0.6) is 11.6 Å². The van der Waals surface area contributed by atoms with Crippen LogP contribution in [0.3, 0.4) is 0 Å². The molecule has 3 heterocycles. The monoisotopic (exact) mass is 456 g/mol. The maximum atomic E-state index is 12.5. The van der Waals surface area contributed by atoms with Gasteiger partial charge in [0.2, 0.25) is 21.8 Å². The van der Waals surface area contributed by atoms with Crippen molar-refractivity contribution in [1.82, 2.24) is 24.3 Å². The van der Waals surface area contributed by atoms with Gasteiger partial charge >= 0.3 is 0 Å². The summed E-state index contributed by atoms with van der Waals surface area (Å²) in [7, 11) is -3.21. The van der Waals surface area contributed by atoms with Gasteiger partial charge in [0.15, 0.2) is 5.82 Å². The number of aryl methyl sites for hydroxylation is 1. The first-order valence-electron chi connectivity index (χ1n) is 10.2. The number of benzene rings is 1. The van der Waals surface area contributed by atoms with Crippen LogP contribution < -0.4 is 10.1 Å². The van der Waals surface area contributed by atoms with Crippen LogP contribution in [0, 0.1) is 12.8 Å². The Hall–Kier alpha value is -3.31. The van der Waals surface area contributed by atoms with E-state index in [0.717, 1.165) is 5.69 Å². The molecule has 0 spiro atoms. The minimum atomic E-state index is -3.21. The second kappa shape index (κ2) is 9.05. The normalized spacial score (nSPS) is 15.4. The summed E-state index contributed by atoms with van der Waals surface area (Å²) in [5.74, 6) is 1.16. The lowest BCUT2D eigenvalue weighted by atomic mass is 9.97. The molecule has 0 aliphatic carbocycles. The number of hydrogen-bond acceptors (Lipinski definition) is 7. The van der Waals surface area contributed by atoms with E-state index in [1.807, 2.05) is 19.2 Å². The van der Waals surface area contributed by atoms with Gasteiger partial charge in [-0.15, -0.1) is 10.2 Å². The third-order valence-electron chi connectivity index (χ3n) is 5.22. The van der Waals surface area contributed by atoms with Gasteiger partial charge in [0, 0.05) is 37.0 Å². The molecule has 3 aromatic rings. The number of ether oxygens (including phenoxy) is 1. The number of carbonyl (C=O) groups is 1. The Bertz CT molecular complexity index is 1180. The highest BCUT2D eigenvalue weighted by Crippen LogP contribution is 2.24. The molecule has 168 valence electrons. The van der Waals surface area contributed by atoms with E-state index in [1.165, 1.54) is 10.6 Å². The molecular weight excluding hydrogens is 432 g/mol. The summed E-state index contributed by atoms with van der Waals surface area (Å²) >= 11 is 0. The molecule has 1 N–H and O–H groups in total. The van der Waals surface area contributed by atoms with Crippen LogP contribution >= 0.6 is 0 Å². The van der Waals surface area contributed by atoms with Crippen molar-refractivity contribution in [3.8, 4) is 17.4 Å². The average molecular weight is 457 g/mol. The highest BCUT2D eigenvalue weighted by atomic mass is 32.2. The first kappa shape index (κ1) is 21.9. The van der Waals surface area contributed by atoms with Crippen molar-refractivity contribution in [2.75, 3.05) is 24.7 Å². The molecule has 11 heteroatoms. The topological polar surface area (TPSA) is 119 Å². The number of hydrogen-bond donors (Lipinski definition) is 1. The number of rotatable bonds is 6. The standard InChI is InChI=1S/C21H24N6O4S/c1-15-9-14-27(25-15)19-7-8-20(24-23-19)31-18-5-3-17(4-6-18)22-21(28)16-10-12-26(13-11-16)32(2,29)30/h3-9,14,16H,10-13H2,1-2H3,(H,22,28). The van der Waals surface area contributed by atoms with E-state index < -0.39 is 10.0 Å². The highest BCUT2D eigenvalue weighted by Gasteiger charge is 2.28. The molecule has 1 saturated heterocycles. The Morgan fingerprint density at radius 1 is 1.06 bits per heavy atom. The zero-order valence-electron chi connectivity index (χ0n) is 17.8. The lowest BCUT2D eigenvalue weighted by Gasteiger charge is -2.29. The van der Waals surface area contributed by atoms with Gasteiger partial charge in [0.05, 0.1) is 11.9 Å². The molecule has 32 heavy (non-hydrogen) atoms. The van der Waals surface area contributed by atoms with Gasteiger partial charge in [-0.05, 0) is 56.2 Å². The molecule has 1 aliphatic heterocycles. The van der Waals surface area contributed by atoms with E-state index in [2.05, 4.69) is 20.6 Å². The molecule has 1 fully saturated rings. The van der Waals surface area contributed by atoms with Crippen molar-refractivity contribution >= 4 is 21.6 Å². The number of sulfonamides is 1. The van der Waals surface area contributed by atoms with E-state index in [1.54, 1.807) is 41.1 Å². The molecule has 0 atom stereocenters. The van der Waals surface area contributed by atoms with Gasteiger partial charge in [-0.1, -0.05) is 0 Å². The van der Waals surface area contributed by atoms with Crippen LogP contribution in [0.4, 0.5) is 5.69 Å². The van der Waals surface area contributed by atoms with Crippen molar-refractivity contribution in [3.63, 3.8) is 0 Å². The number of nitrogens with zero attached hydrogens (tertiary/aromatic N) is 5. The van der Waals surface area contributed by atoms with Crippen molar-refractivity contribution in [2.45, 2.75) is 19.8 Å². The Labute approximate surface area is 186 Å². The second-order valence-corrected chi connectivity index (χ2v) is 9.67. The number of nitrogens with one attached hydrogen (secondary N) is 1. The summed E-state index contributed by atoms with van der Waals surface area (Å²) in [6, 6.07) is 12.3. The van der Waals surface area contributed by atoms with Crippen molar-refractivity contribution in [3.05, 3.63) is 54.4 Å². The lowest BCUT2D eigenvalue weighted by molar-refractivity contribution is -0.120. The first-order chi connectivity index (χ1) is 15.3. The SMILES string of the molecule is Cc1ccn(-c2ccc(Oc3ccc(NC(=O)C4CCN(S(C)(=O)=O)CC4)cc3)nn2)n1. The van der Waals surface area contributed by atoms with Gasteiger partial charge in [-0.2, -0.15) is 5.10 Å². The maximum Gasteiger partial charge on any atom is 0.238 e. The van der Waals surface area contributed by atoms with E-state index in [4.69, 9.17) is 4.74 Å². The largest absolute Gasteiger partial charge is 0.438 e. The molecule has 0 radical (unpaired) electrons. The summed E-state index contributed by atoms with van der Waals surface area (Å²) in [5, 5.41) is 15.3. The number of anilines is 1. The van der Waals surface area contributed by atoms with Crippen LogP contribution in [0.2, 0.25) is 0 Å². The van der Waals surface area contributed by atoms with Gasteiger partial charge in [-0.25, -0.2) is 17.4 Å². The molecule has 1 aromatic carbocycles. The van der Waals surface area contributed by atoms with Gasteiger partial charge in [0.1, 0.15) is 5.75 Å². The molecule has 10 nitrogen and oxygen atoms in total. The van der Waals surface area contributed by atoms with Crippen molar-refractivity contribution < 1.29 is 17.9 Å². The number of aromatic nitrogens is 4. The zero-order chi connectivity index (χ0) is 22.7. The summed E-state index contributed by atoms with van der Waals surface area (Å²) in [6.45, 7) is 2.63. The fourth-order valence-corrected chi connectivity index (χ4v) is 4.33. The molecule has 4 rings (SSSR count). The highest BCUT2D eigenvalue weighted by molar-refractivity contribution is 7.88. The summed E-state index contributed by atoms with van der Waals surface area (Å²) in [6.07, 6.45) is 4.01. The van der Waals surface area contributed by atoms with E-state index in [9.17, 15) is 13.2 Å². The molecule has 0 saturated carbocycles. The van der Waals surface area contributed by atoms with Gasteiger partial charge in [-0.3, -0.25) is 4.79 Å². The van der Waals surface area contributed by atoms with E-state index >= 15 is 0 Å². The van der Waals surface area contributed by atoms with Crippen LogP contribution in [-0.4, -0.2) is 58.0 Å². The molecule has 0 unspecified atom stereocenters. The number of amides is 1. The maximum absolute atomic E-state index is 12.5. The van der Waals surface area contributed by atoms with Crippen LogP contribution in [0.1, 0.15) is 18.5 Å². The smallest absolute Gasteiger partial charge is 0.238 e. The average Bonchev–Trinajstić information content (AvgIpc) is 3.21. The van der Waals surface area contributed by atoms with E-state index in [0.29, 0.717) is 49.1 Å². The quantitative estimate of drug-likeness (QED) is 0.605. The first-order valence-corrected chi connectivity index (χ1v) is 12.0. The van der Waals surface area contributed by atoms with Gasteiger partial charge in [0.25, 0.3) is 0 Å². The zero-order valence-corrected chi connectivity index (χ0v) is 18.6. The molecule has 2 aromatic heterocycles. The molecular formula is C21H24N6O4S. The fraction of sp³-hybridized carbons (Fsp3) is 0.333. The van der Waals surface area contributed by atoms with Crippen molar-refractivity contribution in [1.29, 1.82) is 0 Å². The minimum absolute atomic E-state index is 0.109. The number of carbonyl (C=O) groups excluding carboxylic acids is 1. The Balaban J connectivity index is 1.31. The summed E-state index contributed by atoms with van der Waals surface area (Å²) in [5.41, 5.74) is 1.53. The van der Waals surface area contributed by atoms with Crippen LogP contribution in [0.15, 0.2) is 48.7 Å². The molecule has 1 aliphatic rings. The summed E-state index contributed by atoms with van der Waals surface area (Å²) in [4.78, 5) is 12.5. The van der Waals surface area contributed by atoms with Crippen LogP contribution in [-0.2, 0) is 14.8 Å². The Morgan fingerprint density at radius 3 is 2.34 bits per heavy atom.